The van der Waals surface area contributed by atoms with E-state index in [1.165, 1.54) is 38.9 Å². The minimum Gasteiger partial charge on any atom is -0.396 e. The zero-order valence-electron chi connectivity index (χ0n) is 8.21. The Hall–Kier alpha value is -0.120. The zero-order valence-corrected chi connectivity index (χ0v) is 8.21. The molecule has 2 rings (SSSR count). The molecule has 2 atom stereocenters. The minimum atomic E-state index is 0.370. The molecule has 0 aromatic heterocycles. The maximum absolute atomic E-state index is 9.00. The van der Waals surface area contributed by atoms with Gasteiger partial charge in [-0.1, -0.05) is 0 Å². The van der Waals surface area contributed by atoms with Crippen molar-refractivity contribution in [2.75, 3.05) is 32.8 Å². The van der Waals surface area contributed by atoms with Crippen molar-refractivity contribution in [1.29, 1.82) is 0 Å². The molecule has 2 aliphatic heterocycles. The highest BCUT2D eigenvalue weighted by molar-refractivity contribution is 4.82. The van der Waals surface area contributed by atoms with Crippen LogP contribution >= 0.6 is 0 Å². The molecule has 2 aliphatic rings. The predicted octanol–water partition coefficient (Wildman–Crippen LogP) is 0.0526. The van der Waals surface area contributed by atoms with Crippen molar-refractivity contribution >= 4 is 0 Å². The summed E-state index contributed by atoms with van der Waals surface area (Å²) in [4.78, 5) is 2.49. The first kappa shape index (κ1) is 9.44. The summed E-state index contributed by atoms with van der Waals surface area (Å²) >= 11 is 0. The third-order valence-corrected chi connectivity index (χ3v) is 3.27. The van der Waals surface area contributed by atoms with Gasteiger partial charge in [0, 0.05) is 25.7 Å². The maximum Gasteiger partial charge on any atom is 0.0471 e. The van der Waals surface area contributed by atoms with Gasteiger partial charge in [-0.25, -0.2) is 0 Å². The van der Waals surface area contributed by atoms with Crippen LogP contribution in [0.1, 0.15) is 19.3 Å². The molecule has 76 valence electrons. The quantitative estimate of drug-likeness (QED) is 0.651. The van der Waals surface area contributed by atoms with E-state index in [0.29, 0.717) is 12.5 Å². The molecule has 2 N–H and O–H groups in total. The van der Waals surface area contributed by atoms with Gasteiger partial charge in [-0.15, -0.1) is 0 Å². The molecule has 3 heteroatoms. The van der Waals surface area contributed by atoms with Crippen LogP contribution in [0.3, 0.4) is 0 Å². The van der Waals surface area contributed by atoms with Crippen molar-refractivity contribution in [2.24, 2.45) is 5.92 Å². The van der Waals surface area contributed by atoms with Gasteiger partial charge in [0.05, 0.1) is 0 Å². The second-order valence-electron chi connectivity index (χ2n) is 4.39. The summed E-state index contributed by atoms with van der Waals surface area (Å²) in [6.07, 6.45) is 3.85. The van der Waals surface area contributed by atoms with Gasteiger partial charge in [-0.3, -0.25) is 0 Å². The average Bonchev–Trinajstić information content (AvgIpc) is 2.76. The Kier molecular flexibility index (Phi) is 3.19. The molecule has 2 fully saturated rings. The largest absolute Gasteiger partial charge is 0.396 e. The number of aliphatic hydroxyl groups is 1. The van der Waals surface area contributed by atoms with Crippen molar-refractivity contribution < 1.29 is 5.11 Å². The summed E-state index contributed by atoms with van der Waals surface area (Å²) in [6.45, 7) is 5.05. The Morgan fingerprint density at radius 1 is 1.38 bits per heavy atom. The molecule has 13 heavy (non-hydrogen) atoms. The number of nitrogens with one attached hydrogen (secondary N) is 1. The molecule has 0 aromatic carbocycles. The third-order valence-electron chi connectivity index (χ3n) is 3.27. The highest BCUT2D eigenvalue weighted by atomic mass is 16.3. The summed E-state index contributed by atoms with van der Waals surface area (Å²) in [5.41, 5.74) is 0. The van der Waals surface area contributed by atoms with Crippen LogP contribution in [0.2, 0.25) is 0 Å². The molecule has 3 nitrogen and oxygen atoms in total. The van der Waals surface area contributed by atoms with Crippen LogP contribution in [0.5, 0.6) is 0 Å². The van der Waals surface area contributed by atoms with Gasteiger partial charge >= 0.3 is 0 Å². The average molecular weight is 184 g/mol. The third kappa shape index (κ3) is 2.42. The lowest BCUT2D eigenvalue weighted by Crippen LogP contribution is -2.36. The minimum absolute atomic E-state index is 0.370. The molecule has 1 unspecified atom stereocenters. The summed E-state index contributed by atoms with van der Waals surface area (Å²) < 4.78 is 0. The van der Waals surface area contributed by atoms with E-state index in [1.54, 1.807) is 0 Å². The summed E-state index contributed by atoms with van der Waals surface area (Å²) in [7, 11) is 0. The van der Waals surface area contributed by atoms with Crippen LogP contribution in [0, 0.1) is 5.92 Å². The van der Waals surface area contributed by atoms with Gasteiger partial charge in [0.25, 0.3) is 0 Å². The number of likely N-dealkylation sites (tertiary alicyclic amines) is 1. The van der Waals surface area contributed by atoms with Crippen LogP contribution in [-0.4, -0.2) is 48.8 Å². The Morgan fingerprint density at radius 3 is 2.92 bits per heavy atom. The number of hydrogen-bond donors (Lipinski definition) is 2. The van der Waals surface area contributed by atoms with Gasteiger partial charge in [0.2, 0.25) is 0 Å². The number of aliphatic hydroxyl groups excluding tert-OH is 1. The predicted molar refractivity (Wildman–Crippen MR) is 52.7 cm³/mol. The summed E-state index contributed by atoms with van der Waals surface area (Å²) in [5, 5.41) is 12.5. The molecule has 0 saturated carbocycles. The van der Waals surface area contributed by atoms with E-state index >= 15 is 0 Å². The normalized spacial score (nSPS) is 35.8. The second kappa shape index (κ2) is 4.40. The second-order valence-corrected chi connectivity index (χ2v) is 4.39. The van der Waals surface area contributed by atoms with Crippen LogP contribution in [0.4, 0.5) is 0 Å². The standard InChI is InChI=1S/C10H20N2O/c13-8-9-3-5-12(6-9)7-10-2-1-4-11-10/h9-11,13H,1-8H2/t9?,10-/m0/s1. The van der Waals surface area contributed by atoms with E-state index in [1.807, 2.05) is 0 Å². The molecule has 0 radical (unpaired) electrons. The first-order valence-corrected chi connectivity index (χ1v) is 5.45. The highest BCUT2D eigenvalue weighted by Crippen LogP contribution is 2.17. The fraction of sp³-hybridized carbons (Fsp3) is 1.00. The SMILES string of the molecule is OCC1CCN(C[C@@H]2CCCN2)C1. The molecule has 0 amide bonds. The lowest BCUT2D eigenvalue weighted by molar-refractivity contribution is 0.217. The van der Waals surface area contributed by atoms with Crippen LogP contribution < -0.4 is 5.32 Å². The summed E-state index contributed by atoms with van der Waals surface area (Å²) in [6, 6.07) is 0.720. The van der Waals surface area contributed by atoms with Crippen molar-refractivity contribution in [3.05, 3.63) is 0 Å². The van der Waals surface area contributed by atoms with Crippen molar-refractivity contribution in [3.63, 3.8) is 0 Å². The number of hydrogen-bond acceptors (Lipinski definition) is 3. The van der Waals surface area contributed by atoms with E-state index in [-0.39, 0.29) is 0 Å². The number of nitrogens with zero attached hydrogens (tertiary/aromatic N) is 1. The molecule has 2 saturated heterocycles. The van der Waals surface area contributed by atoms with Crippen LogP contribution in [0.25, 0.3) is 0 Å². The van der Waals surface area contributed by atoms with Crippen molar-refractivity contribution in [1.82, 2.24) is 10.2 Å². The Balaban J connectivity index is 1.70. The van der Waals surface area contributed by atoms with E-state index < -0.39 is 0 Å². The fourth-order valence-corrected chi connectivity index (χ4v) is 2.45. The molecular weight excluding hydrogens is 164 g/mol. The van der Waals surface area contributed by atoms with E-state index in [0.717, 1.165) is 12.6 Å². The Morgan fingerprint density at radius 2 is 2.31 bits per heavy atom. The topological polar surface area (TPSA) is 35.5 Å². The molecule has 2 heterocycles. The highest BCUT2D eigenvalue weighted by Gasteiger charge is 2.24. The van der Waals surface area contributed by atoms with E-state index in [4.69, 9.17) is 5.11 Å². The molecule has 0 spiro atoms. The molecule has 0 aromatic rings. The zero-order chi connectivity index (χ0) is 9.10. The Bertz CT molecular complexity index is 157. The molecule has 0 bridgehead atoms. The van der Waals surface area contributed by atoms with Gasteiger partial charge in [-0.2, -0.15) is 0 Å². The van der Waals surface area contributed by atoms with Gasteiger partial charge in [-0.05, 0) is 38.3 Å². The van der Waals surface area contributed by atoms with E-state index in [2.05, 4.69) is 10.2 Å². The maximum atomic E-state index is 9.00. The van der Waals surface area contributed by atoms with Gasteiger partial charge in [0.1, 0.15) is 0 Å². The lowest BCUT2D eigenvalue weighted by atomic mass is 10.1. The van der Waals surface area contributed by atoms with Crippen LogP contribution in [0.15, 0.2) is 0 Å². The van der Waals surface area contributed by atoms with Crippen molar-refractivity contribution in [2.45, 2.75) is 25.3 Å². The van der Waals surface area contributed by atoms with Gasteiger partial charge < -0.3 is 15.3 Å². The molecule has 0 aliphatic carbocycles. The summed E-state index contributed by atoms with van der Waals surface area (Å²) in [5.74, 6) is 0.543. The first-order valence-electron chi connectivity index (χ1n) is 5.45. The monoisotopic (exact) mass is 184 g/mol. The lowest BCUT2D eigenvalue weighted by Gasteiger charge is -2.20. The Labute approximate surface area is 80.1 Å². The smallest absolute Gasteiger partial charge is 0.0471 e. The fourth-order valence-electron chi connectivity index (χ4n) is 2.45. The van der Waals surface area contributed by atoms with E-state index in [9.17, 15) is 0 Å². The molecular formula is C10H20N2O. The van der Waals surface area contributed by atoms with Crippen molar-refractivity contribution in [3.8, 4) is 0 Å². The van der Waals surface area contributed by atoms with Gasteiger partial charge in [0.15, 0.2) is 0 Å². The van der Waals surface area contributed by atoms with Crippen LogP contribution in [-0.2, 0) is 0 Å². The first-order chi connectivity index (χ1) is 6.38. The number of rotatable bonds is 3.